The van der Waals surface area contributed by atoms with E-state index in [0.29, 0.717) is 5.75 Å². The first-order valence-corrected chi connectivity index (χ1v) is 13.4. The summed E-state index contributed by atoms with van der Waals surface area (Å²) in [4.78, 5) is 23.4. The lowest BCUT2D eigenvalue weighted by atomic mass is 10.2. The van der Waals surface area contributed by atoms with Gasteiger partial charge in [0.1, 0.15) is 10.6 Å². The molecule has 3 aromatic rings. The van der Waals surface area contributed by atoms with E-state index in [2.05, 4.69) is 10.1 Å². The average Bonchev–Trinajstić information content (AvgIpc) is 2.88. The number of carbonyl (C=O) groups excluding carboxylic acids is 1. The van der Waals surface area contributed by atoms with Gasteiger partial charge in [-0.1, -0.05) is 0 Å². The molecule has 0 amide bonds. The SMILES string of the molecule is CCOC(=O)c1ccc(S(=O)(=O)NNc2ccc([N+](=O)[O-])cc2S(=O)(=O)Nc2ccc(OC)cc2)cc1. The van der Waals surface area contributed by atoms with E-state index in [1.54, 1.807) is 6.92 Å². The molecule has 0 aromatic heterocycles. The summed E-state index contributed by atoms with van der Waals surface area (Å²) in [5.74, 6) is -0.145. The van der Waals surface area contributed by atoms with Crippen LogP contribution in [0.4, 0.5) is 17.1 Å². The number of benzene rings is 3. The van der Waals surface area contributed by atoms with Gasteiger partial charge in [0, 0.05) is 17.8 Å². The topological polar surface area (TPSA) is 183 Å². The van der Waals surface area contributed by atoms with Gasteiger partial charge >= 0.3 is 5.97 Å². The Morgan fingerprint density at radius 3 is 2.16 bits per heavy atom. The zero-order valence-corrected chi connectivity index (χ0v) is 21.1. The number of esters is 1. The van der Waals surface area contributed by atoms with E-state index in [9.17, 15) is 31.7 Å². The molecule has 0 saturated carbocycles. The van der Waals surface area contributed by atoms with Crippen molar-refractivity contribution in [1.82, 2.24) is 4.83 Å². The smallest absolute Gasteiger partial charge is 0.338 e. The van der Waals surface area contributed by atoms with E-state index >= 15 is 0 Å². The number of hydrogen-bond donors (Lipinski definition) is 3. The fourth-order valence-electron chi connectivity index (χ4n) is 2.99. The Balaban J connectivity index is 1.88. The molecule has 0 spiro atoms. The molecule has 15 heteroatoms. The van der Waals surface area contributed by atoms with E-state index in [4.69, 9.17) is 9.47 Å². The van der Waals surface area contributed by atoms with Gasteiger partial charge in [-0.05, 0) is 61.5 Å². The molecule has 0 unspecified atom stereocenters. The highest BCUT2D eigenvalue weighted by Gasteiger charge is 2.24. The molecule has 0 fully saturated rings. The first-order chi connectivity index (χ1) is 17.5. The number of sulfonamides is 2. The highest BCUT2D eigenvalue weighted by Crippen LogP contribution is 2.28. The number of rotatable bonds is 11. The van der Waals surface area contributed by atoms with Gasteiger partial charge in [0.05, 0.1) is 34.8 Å². The molecule has 3 N–H and O–H groups in total. The number of nitrogens with zero attached hydrogens (tertiary/aromatic N) is 1. The van der Waals surface area contributed by atoms with E-state index in [0.717, 1.165) is 30.3 Å². The van der Waals surface area contributed by atoms with Crippen molar-refractivity contribution in [3.05, 3.63) is 82.4 Å². The zero-order chi connectivity index (χ0) is 27.2. The third kappa shape index (κ3) is 6.72. The molecule has 37 heavy (non-hydrogen) atoms. The van der Waals surface area contributed by atoms with Gasteiger partial charge in [0.2, 0.25) is 0 Å². The maximum atomic E-state index is 13.1. The Bertz CT molecular complexity index is 1510. The fourth-order valence-corrected chi connectivity index (χ4v) is 5.08. The minimum Gasteiger partial charge on any atom is -0.497 e. The van der Waals surface area contributed by atoms with Crippen molar-refractivity contribution >= 4 is 43.1 Å². The van der Waals surface area contributed by atoms with E-state index in [-0.39, 0.29) is 28.4 Å². The van der Waals surface area contributed by atoms with Crippen LogP contribution in [0.5, 0.6) is 5.75 Å². The maximum Gasteiger partial charge on any atom is 0.338 e. The van der Waals surface area contributed by atoms with Gasteiger partial charge in [0.25, 0.3) is 25.7 Å². The van der Waals surface area contributed by atoms with Crippen molar-refractivity contribution in [2.45, 2.75) is 16.7 Å². The van der Waals surface area contributed by atoms with Crippen LogP contribution in [-0.4, -0.2) is 41.4 Å². The van der Waals surface area contributed by atoms with Crippen LogP contribution in [0, 0.1) is 10.1 Å². The second-order valence-corrected chi connectivity index (χ2v) is 10.6. The van der Waals surface area contributed by atoms with Crippen LogP contribution in [0.3, 0.4) is 0 Å². The molecule has 0 aliphatic heterocycles. The van der Waals surface area contributed by atoms with Gasteiger partial charge in [-0.3, -0.25) is 14.8 Å². The Hall–Kier alpha value is -4.21. The molecule has 0 heterocycles. The Morgan fingerprint density at radius 1 is 0.946 bits per heavy atom. The molecule has 196 valence electrons. The lowest BCUT2D eigenvalue weighted by molar-refractivity contribution is -0.385. The van der Waals surface area contributed by atoms with Crippen molar-refractivity contribution in [3.63, 3.8) is 0 Å². The number of non-ortho nitro benzene ring substituents is 1. The molecule has 3 rings (SSSR count). The van der Waals surface area contributed by atoms with Crippen LogP contribution < -0.4 is 19.7 Å². The summed E-state index contributed by atoms with van der Waals surface area (Å²) in [6, 6.07) is 13.5. The third-order valence-electron chi connectivity index (χ3n) is 4.80. The first kappa shape index (κ1) is 27.4. The molecule has 0 atom stereocenters. The standard InChI is InChI=1S/C22H22N4O9S2/c1-3-35-22(27)15-4-11-19(12-5-15)36(30,31)25-23-20-13-8-17(26(28)29)14-21(20)37(32,33)24-16-6-9-18(34-2)10-7-16/h4-14,23-25H,3H2,1-2H3. The summed E-state index contributed by atoms with van der Waals surface area (Å²) >= 11 is 0. The molecule has 3 aromatic carbocycles. The minimum absolute atomic E-state index is 0.139. The van der Waals surface area contributed by atoms with Crippen LogP contribution in [0.2, 0.25) is 0 Å². The van der Waals surface area contributed by atoms with Gasteiger partial charge in [-0.15, -0.1) is 4.83 Å². The van der Waals surface area contributed by atoms with Crippen molar-refractivity contribution in [1.29, 1.82) is 0 Å². The minimum atomic E-state index is -4.42. The maximum absolute atomic E-state index is 13.1. The van der Waals surface area contributed by atoms with Crippen LogP contribution in [0.1, 0.15) is 17.3 Å². The Morgan fingerprint density at radius 2 is 1.59 bits per heavy atom. The number of methoxy groups -OCH3 is 1. The summed E-state index contributed by atoms with van der Waals surface area (Å²) in [5.41, 5.74) is 1.77. The highest BCUT2D eigenvalue weighted by atomic mass is 32.2. The summed E-state index contributed by atoms with van der Waals surface area (Å²) in [7, 11) is -7.22. The third-order valence-corrected chi connectivity index (χ3v) is 7.49. The Kier molecular flexibility index (Phi) is 8.31. The number of anilines is 2. The second-order valence-electron chi connectivity index (χ2n) is 7.25. The highest BCUT2D eigenvalue weighted by molar-refractivity contribution is 7.93. The van der Waals surface area contributed by atoms with E-state index in [1.807, 2.05) is 4.83 Å². The summed E-state index contributed by atoms with van der Waals surface area (Å²) in [6.07, 6.45) is 0. The largest absolute Gasteiger partial charge is 0.497 e. The van der Waals surface area contributed by atoms with E-state index < -0.39 is 41.5 Å². The van der Waals surface area contributed by atoms with Crippen LogP contribution in [0.25, 0.3) is 0 Å². The predicted octanol–water partition coefficient (Wildman–Crippen LogP) is 2.89. The monoisotopic (exact) mass is 550 g/mol. The van der Waals surface area contributed by atoms with Crippen molar-refractivity contribution in [2.24, 2.45) is 0 Å². The van der Waals surface area contributed by atoms with Gasteiger partial charge in [0.15, 0.2) is 0 Å². The van der Waals surface area contributed by atoms with Gasteiger partial charge in [-0.2, -0.15) is 0 Å². The van der Waals surface area contributed by atoms with Crippen LogP contribution in [0.15, 0.2) is 76.5 Å². The zero-order valence-electron chi connectivity index (χ0n) is 19.5. The molecule has 0 bridgehead atoms. The summed E-state index contributed by atoms with van der Waals surface area (Å²) in [6.45, 7) is 1.78. The predicted molar refractivity (Wildman–Crippen MR) is 133 cm³/mol. The summed E-state index contributed by atoms with van der Waals surface area (Å²) < 4.78 is 63.8. The number of nitrogens with one attached hydrogen (secondary N) is 3. The van der Waals surface area contributed by atoms with Crippen molar-refractivity contribution in [2.75, 3.05) is 23.9 Å². The molecule has 0 saturated heterocycles. The number of hydrazine groups is 1. The lowest BCUT2D eigenvalue weighted by Gasteiger charge is -2.15. The summed E-state index contributed by atoms with van der Waals surface area (Å²) in [5, 5.41) is 11.3. The van der Waals surface area contributed by atoms with Crippen LogP contribution >= 0.6 is 0 Å². The van der Waals surface area contributed by atoms with Gasteiger partial charge in [-0.25, -0.2) is 21.6 Å². The molecule has 0 aliphatic rings. The normalized spacial score (nSPS) is 11.4. The number of carbonyl (C=O) groups is 1. The van der Waals surface area contributed by atoms with E-state index in [1.165, 1.54) is 43.5 Å². The quantitative estimate of drug-likeness (QED) is 0.182. The molecule has 0 radical (unpaired) electrons. The molecule has 0 aliphatic carbocycles. The first-order valence-electron chi connectivity index (χ1n) is 10.5. The number of ether oxygens (including phenoxy) is 2. The molecule has 13 nitrogen and oxygen atoms in total. The average molecular weight is 551 g/mol. The van der Waals surface area contributed by atoms with Crippen LogP contribution in [-0.2, 0) is 24.8 Å². The molecular weight excluding hydrogens is 528 g/mol. The Labute approximate surface area is 212 Å². The second kappa shape index (κ2) is 11.2. The number of nitro benzene ring substituents is 1. The van der Waals surface area contributed by atoms with Crippen molar-refractivity contribution < 1.29 is 36.0 Å². The fraction of sp³-hybridized carbons (Fsp3) is 0.136. The lowest BCUT2D eigenvalue weighted by Crippen LogP contribution is -2.30. The number of hydrogen-bond acceptors (Lipinski definition) is 10. The van der Waals surface area contributed by atoms with Crippen molar-refractivity contribution in [3.8, 4) is 5.75 Å². The number of nitro groups is 1. The van der Waals surface area contributed by atoms with Gasteiger partial charge < -0.3 is 14.9 Å². The molecular formula is C22H22N4O9S2.